The monoisotopic (exact) mass is 549 g/mol. The van der Waals surface area contributed by atoms with Crippen molar-refractivity contribution in [2.24, 2.45) is 11.3 Å². The van der Waals surface area contributed by atoms with Crippen LogP contribution in [0.25, 0.3) is 21.5 Å². The molecule has 1 spiro atoms. The number of hydrogen-bond acceptors (Lipinski definition) is 7. The van der Waals surface area contributed by atoms with Crippen LogP contribution in [0.15, 0.2) is 52.6 Å². The van der Waals surface area contributed by atoms with Crippen molar-refractivity contribution in [3.63, 3.8) is 0 Å². The predicted octanol–water partition coefficient (Wildman–Crippen LogP) is 6.95. The van der Waals surface area contributed by atoms with Gasteiger partial charge in [0.25, 0.3) is 0 Å². The Labute approximate surface area is 227 Å². The van der Waals surface area contributed by atoms with Crippen molar-refractivity contribution in [1.29, 1.82) is 5.26 Å². The largest absolute Gasteiger partial charge is 0.378 e. The number of rotatable bonds is 5. The molecule has 9 heteroatoms. The lowest BCUT2D eigenvalue weighted by Gasteiger charge is -2.42. The number of benzene rings is 2. The van der Waals surface area contributed by atoms with E-state index in [9.17, 15) is 10.4 Å². The van der Waals surface area contributed by atoms with Crippen molar-refractivity contribution < 1.29 is 14.4 Å². The minimum Gasteiger partial charge on any atom is -0.378 e. The van der Waals surface area contributed by atoms with Gasteiger partial charge in [-0.1, -0.05) is 40.5 Å². The van der Waals surface area contributed by atoms with Gasteiger partial charge in [0.2, 0.25) is 0 Å². The molecule has 2 fully saturated rings. The van der Waals surface area contributed by atoms with Gasteiger partial charge in [-0.05, 0) is 68.0 Å². The lowest BCUT2D eigenvalue weighted by atomic mass is 9.71. The van der Waals surface area contributed by atoms with E-state index in [1.807, 2.05) is 19.1 Å². The maximum Gasteiger partial charge on any atom is 0.143 e. The summed E-state index contributed by atoms with van der Waals surface area (Å²) in [7, 11) is 0. The lowest BCUT2D eigenvalue weighted by Crippen LogP contribution is -2.44. The molecule has 0 saturated heterocycles. The van der Waals surface area contributed by atoms with Crippen molar-refractivity contribution in [1.82, 2.24) is 10.1 Å². The summed E-state index contributed by atoms with van der Waals surface area (Å²) in [6, 6.07) is 13.0. The molecule has 2 bridgehead atoms. The van der Waals surface area contributed by atoms with Crippen LogP contribution in [-0.2, 0) is 16.9 Å². The number of ether oxygens (including phenoxy) is 1. The fourth-order valence-electron chi connectivity index (χ4n) is 6.27. The summed E-state index contributed by atoms with van der Waals surface area (Å²) in [5.41, 5.74) is 3.06. The van der Waals surface area contributed by atoms with E-state index in [1.54, 1.807) is 24.3 Å². The third kappa shape index (κ3) is 3.30. The standard InChI is InChI=1S/C28H21Cl2N3O3S/c1-14-19(25(33-36-14)24-20(29)3-2-4-21(24)30)13-35-18-9-16-8-17-10-27(17,11-18)28(16,34)26-32-22-6-5-15(12-31)7-23(22)37-26/h2-8,17-18,34H,9-11,13H2,1H3/t17?,18-,27?,28+/m0/s1. The zero-order chi connectivity index (χ0) is 25.5. The Morgan fingerprint density at radius 3 is 2.81 bits per heavy atom. The topological polar surface area (TPSA) is 92.2 Å². The van der Waals surface area contributed by atoms with E-state index in [0.29, 0.717) is 56.6 Å². The van der Waals surface area contributed by atoms with Crippen LogP contribution in [0.3, 0.4) is 0 Å². The Morgan fingerprint density at radius 2 is 2.05 bits per heavy atom. The molecule has 1 N–H and O–H groups in total. The highest BCUT2D eigenvalue weighted by Gasteiger charge is 2.74. The number of hydrogen-bond donors (Lipinski definition) is 1. The van der Waals surface area contributed by atoms with E-state index in [0.717, 1.165) is 34.2 Å². The summed E-state index contributed by atoms with van der Waals surface area (Å²) in [5.74, 6) is 0.992. The first-order chi connectivity index (χ1) is 17.8. The van der Waals surface area contributed by atoms with Crippen molar-refractivity contribution >= 4 is 44.8 Å². The highest BCUT2D eigenvalue weighted by atomic mass is 35.5. The average molecular weight is 550 g/mol. The number of halogens is 2. The number of aryl methyl sites for hydroxylation is 1. The van der Waals surface area contributed by atoms with Gasteiger partial charge in [0.1, 0.15) is 22.1 Å². The molecule has 2 saturated carbocycles. The second kappa shape index (κ2) is 8.13. The Hall–Kier alpha value is -2.73. The van der Waals surface area contributed by atoms with Gasteiger partial charge in [0.15, 0.2) is 0 Å². The van der Waals surface area contributed by atoms with Crippen molar-refractivity contribution in [3.05, 3.63) is 80.0 Å². The van der Waals surface area contributed by atoms with E-state index in [-0.39, 0.29) is 11.5 Å². The lowest BCUT2D eigenvalue weighted by molar-refractivity contribution is -0.0766. The van der Waals surface area contributed by atoms with Crippen LogP contribution in [0.2, 0.25) is 10.0 Å². The summed E-state index contributed by atoms with van der Waals surface area (Å²) < 4.78 is 12.9. The van der Waals surface area contributed by atoms with Gasteiger partial charge >= 0.3 is 0 Å². The number of aliphatic hydroxyl groups is 1. The Morgan fingerprint density at radius 1 is 1.24 bits per heavy atom. The fraction of sp³-hybridized carbons (Fsp3) is 0.321. The van der Waals surface area contributed by atoms with Crippen LogP contribution >= 0.6 is 34.5 Å². The van der Waals surface area contributed by atoms with Gasteiger partial charge in [-0.25, -0.2) is 4.98 Å². The molecule has 2 unspecified atom stereocenters. The molecule has 4 atom stereocenters. The average Bonchev–Trinajstić information content (AvgIpc) is 3.13. The number of allylic oxidation sites excluding steroid dienone is 1. The quantitative estimate of drug-likeness (QED) is 0.271. The van der Waals surface area contributed by atoms with E-state index in [4.69, 9.17) is 37.4 Å². The normalized spacial score (nSPS) is 27.7. The molecule has 3 aliphatic carbocycles. The van der Waals surface area contributed by atoms with Crippen molar-refractivity contribution in [2.45, 2.75) is 44.5 Å². The molecule has 0 amide bonds. The zero-order valence-electron chi connectivity index (χ0n) is 19.8. The summed E-state index contributed by atoms with van der Waals surface area (Å²) in [6.07, 6.45) is 4.46. The van der Waals surface area contributed by atoms with E-state index >= 15 is 0 Å². The third-order valence-electron chi connectivity index (χ3n) is 8.24. The molecule has 6 nitrogen and oxygen atoms in total. The molecule has 0 radical (unpaired) electrons. The van der Waals surface area contributed by atoms with Gasteiger partial charge in [0, 0.05) is 16.5 Å². The van der Waals surface area contributed by atoms with Crippen LogP contribution in [0.4, 0.5) is 0 Å². The minimum atomic E-state index is -1.09. The van der Waals surface area contributed by atoms with Crippen molar-refractivity contribution in [3.8, 4) is 17.3 Å². The summed E-state index contributed by atoms with van der Waals surface area (Å²) in [5, 5.41) is 27.4. The number of aromatic nitrogens is 2. The van der Waals surface area contributed by atoms with E-state index in [1.165, 1.54) is 11.3 Å². The van der Waals surface area contributed by atoms with Crippen LogP contribution in [0.1, 0.15) is 41.2 Å². The van der Waals surface area contributed by atoms with Crippen LogP contribution in [0.5, 0.6) is 0 Å². The summed E-state index contributed by atoms with van der Waals surface area (Å²) in [4.78, 5) is 4.81. The zero-order valence-corrected chi connectivity index (χ0v) is 22.1. The van der Waals surface area contributed by atoms with Gasteiger partial charge in [-0.2, -0.15) is 5.26 Å². The Kier molecular flexibility index (Phi) is 5.14. The summed E-state index contributed by atoms with van der Waals surface area (Å²) in [6.45, 7) is 2.16. The predicted molar refractivity (Wildman–Crippen MR) is 141 cm³/mol. The molecule has 37 heavy (non-hydrogen) atoms. The molecule has 2 aromatic heterocycles. The molecule has 186 valence electrons. The Bertz CT molecular complexity index is 1650. The SMILES string of the molecule is Cc1onc(-c2c(Cl)cccc2Cl)c1CO[C@H]1CC2=CC3CC3(C1)[C@]2(O)c1nc2ccc(C#N)cc2s1. The highest BCUT2D eigenvalue weighted by molar-refractivity contribution is 7.18. The van der Waals surface area contributed by atoms with Crippen LogP contribution in [-0.4, -0.2) is 21.4 Å². The second-order valence-electron chi connectivity index (χ2n) is 10.2. The van der Waals surface area contributed by atoms with Gasteiger partial charge in [-0.15, -0.1) is 11.3 Å². The van der Waals surface area contributed by atoms with Gasteiger partial charge in [0.05, 0.1) is 44.6 Å². The number of nitrogens with zero attached hydrogens (tertiary/aromatic N) is 3. The Balaban J connectivity index is 1.15. The molecular formula is C28H21Cl2N3O3S. The van der Waals surface area contributed by atoms with E-state index in [2.05, 4.69) is 17.3 Å². The molecule has 0 aliphatic heterocycles. The smallest absolute Gasteiger partial charge is 0.143 e. The van der Waals surface area contributed by atoms with Gasteiger partial charge < -0.3 is 14.4 Å². The highest BCUT2D eigenvalue weighted by Crippen LogP contribution is 2.76. The maximum atomic E-state index is 12.1. The van der Waals surface area contributed by atoms with Gasteiger partial charge in [-0.3, -0.25) is 0 Å². The molecular weight excluding hydrogens is 529 g/mol. The molecule has 2 heterocycles. The molecule has 2 aromatic carbocycles. The molecule has 7 rings (SSSR count). The maximum absolute atomic E-state index is 12.1. The fourth-order valence-corrected chi connectivity index (χ4v) is 8.09. The number of nitriles is 1. The molecule has 3 aliphatic rings. The van der Waals surface area contributed by atoms with Crippen molar-refractivity contribution in [2.75, 3.05) is 0 Å². The number of fused-ring (bicyclic) bond motifs is 2. The first-order valence-electron chi connectivity index (χ1n) is 12.1. The van der Waals surface area contributed by atoms with Crippen LogP contribution in [0, 0.1) is 29.6 Å². The first kappa shape index (κ1) is 23.4. The van der Waals surface area contributed by atoms with E-state index < -0.39 is 5.60 Å². The molecule has 4 aromatic rings. The van der Waals surface area contributed by atoms with Crippen LogP contribution < -0.4 is 0 Å². The first-order valence-corrected chi connectivity index (χ1v) is 13.7. The number of thiazole rings is 1. The second-order valence-corrected chi connectivity index (χ2v) is 12.0. The third-order valence-corrected chi connectivity index (χ3v) is 9.99. The summed E-state index contributed by atoms with van der Waals surface area (Å²) >= 11 is 14.4. The minimum absolute atomic E-state index is 0.0533.